The van der Waals surface area contributed by atoms with Crippen molar-refractivity contribution in [2.45, 2.75) is 0 Å². The van der Waals surface area contributed by atoms with Crippen LogP contribution in [0.5, 0.6) is 5.75 Å². The summed E-state index contributed by atoms with van der Waals surface area (Å²) in [6, 6.07) is 13.9. The second kappa shape index (κ2) is 7.96. The van der Waals surface area contributed by atoms with E-state index in [9.17, 15) is 4.79 Å². The van der Waals surface area contributed by atoms with Gasteiger partial charge in [0.05, 0.1) is 17.7 Å². The second-order valence-electron chi connectivity index (χ2n) is 7.69. The van der Waals surface area contributed by atoms with Crippen molar-refractivity contribution in [1.29, 1.82) is 0 Å². The van der Waals surface area contributed by atoms with E-state index in [4.69, 9.17) is 21.3 Å². The Morgan fingerprint density at radius 2 is 1.80 bits per heavy atom. The van der Waals surface area contributed by atoms with E-state index in [0.717, 1.165) is 71.1 Å². The summed E-state index contributed by atoms with van der Waals surface area (Å²) >= 11 is 7.63. The van der Waals surface area contributed by atoms with Crippen molar-refractivity contribution >= 4 is 49.9 Å². The zero-order valence-corrected chi connectivity index (χ0v) is 18.3. The first kappa shape index (κ1) is 19.5. The molecule has 30 heavy (non-hydrogen) atoms. The number of carbonyl (C=O) groups excluding carboxylic acids is 1. The van der Waals surface area contributed by atoms with Gasteiger partial charge in [0.15, 0.2) is 5.13 Å². The summed E-state index contributed by atoms with van der Waals surface area (Å²) in [4.78, 5) is 24.2. The number of methoxy groups -OCH3 is 1. The Morgan fingerprint density at radius 3 is 2.50 bits per heavy atom. The van der Waals surface area contributed by atoms with Gasteiger partial charge in [-0.2, -0.15) is 0 Å². The SMILES string of the molecule is COc1cccc2sc(N3CC(C(=O)N4CCN(c5ccc(Cl)cc5)CC4)C3)nc12. The number of benzene rings is 2. The molecule has 156 valence electrons. The molecular formula is C22H23ClN4O2S. The third kappa shape index (κ3) is 3.56. The number of hydrogen-bond donors (Lipinski definition) is 0. The van der Waals surface area contributed by atoms with Crippen LogP contribution >= 0.6 is 22.9 Å². The van der Waals surface area contributed by atoms with Gasteiger partial charge in [0.2, 0.25) is 5.91 Å². The lowest BCUT2D eigenvalue weighted by molar-refractivity contribution is -0.136. The highest BCUT2D eigenvalue weighted by molar-refractivity contribution is 7.22. The average Bonchev–Trinajstić information content (AvgIpc) is 3.17. The second-order valence-corrected chi connectivity index (χ2v) is 9.14. The molecule has 0 radical (unpaired) electrons. The van der Waals surface area contributed by atoms with E-state index in [-0.39, 0.29) is 11.8 Å². The van der Waals surface area contributed by atoms with Crippen molar-refractivity contribution in [3.63, 3.8) is 0 Å². The van der Waals surface area contributed by atoms with Crippen LogP contribution in [0.3, 0.4) is 0 Å². The van der Waals surface area contributed by atoms with E-state index in [1.54, 1.807) is 18.4 Å². The monoisotopic (exact) mass is 442 g/mol. The Morgan fingerprint density at radius 1 is 1.07 bits per heavy atom. The first-order valence-electron chi connectivity index (χ1n) is 10.1. The standard InChI is InChI=1S/C22H23ClN4O2S/c1-29-18-3-2-4-19-20(18)24-22(30-19)27-13-15(14-27)21(28)26-11-9-25(10-12-26)17-7-5-16(23)6-8-17/h2-8,15H,9-14H2,1H3. The van der Waals surface area contributed by atoms with Crippen molar-refractivity contribution in [3.8, 4) is 5.75 Å². The normalized spacial score (nSPS) is 17.3. The van der Waals surface area contributed by atoms with E-state index in [1.807, 2.05) is 41.3 Å². The number of amides is 1. The maximum Gasteiger partial charge on any atom is 0.229 e. The van der Waals surface area contributed by atoms with Gasteiger partial charge < -0.3 is 19.4 Å². The lowest BCUT2D eigenvalue weighted by Crippen LogP contribution is -2.58. The molecule has 1 amide bonds. The third-order valence-electron chi connectivity index (χ3n) is 5.88. The minimum atomic E-state index is 0.0565. The summed E-state index contributed by atoms with van der Waals surface area (Å²) in [5.41, 5.74) is 2.06. The van der Waals surface area contributed by atoms with Gasteiger partial charge in [-0.05, 0) is 36.4 Å². The molecule has 0 spiro atoms. The van der Waals surface area contributed by atoms with E-state index in [0.29, 0.717) is 0 Å². The fourth-order valence-electron chi connectivity index (χ4n) is 4.10. The first-order valence-corrected chi connectivity index (χ1v) is 11.3. The fraction of sp³-hybridized carbons (Fsp3) is 0.364. The Labute approximate surface area is 184 Å². The molecule has 2 aliphatic rings. The minimum Gasteiger partial charge on any atom is -0.494 e. The number of halogens is 1. The Hall–Kier alpha value is -2.51. The number of fused-ring (bicyclic) bond motifs is 1. The van der Waals surface area contributed by atoms with E-state index < -0.39 is 0 Å². The van der Waals surface area contributed by atoms with Crippen LogP contribution in [0.25, 0.3) is 10.2 Å². The fourth-order valence-corrected chi connectivity index (χ4v) is 5.22. The van der Waals surface area contributed by atoms with Crippen LogP contribution in [0.2, 0.25) is 5.02 Å². The van der Waals surface area contributed by atoms with Crippen LogP contribution < -0.4 is 14.5 Å². The number of nitrogens with zero attached hydrogens (tertiary/aromatic N) is 4. The average molecular weight is 443 g/mol. The molecule has 2 fully saturated rings. The molecule has 0 unspecified atom stereocenters. The van der Waals surface area contributed by atoms with Gasteiger partial charge in [-0.1, -0.05) is 29.0 Å². The molecule has 2 aliphatic heterocycles. The van der Waals surface area contributed by atoms with Crippen LogP contribution in [0, 0.1) is 5.92 Å². The Bertz CT molecular complexity index is 1060. The largest absolute Gasteiger partial charge is 0.494 e. The highest BCUT2D eigenvalue weighted by Gasteiger charge is 2.37. The minimum absolute atomic E-state index is 0.0565. The Kier molecular flexibility index (Phi) is 5.16. The van der Waals surface area contributed by atoms with Gasteiger partial charge in [-0.15, -0.1) is 0 Å². The third-order valence-corrected chi connectivity index (χ3v) is 7.21. The van der Waals surface area contributed by atoms with Crippen molar-refractivity contribution in [2.75, 3.05) is 56.2 Å². The van der Waals surface area contributed by atoms with Crippen LogP contribution in [-0.2, 0) is 4.79 Å². The zero-order valence-electron chi connectivity index (χ0n) is 16.8. The molecular weight excluding hydrogens is 420 g/mol. The molecule has 0 bridgehead atoms. The summed E-state index contributed by atoms with van der Waals surface area (Å²) in [6.07, 6.45) is 0. The zero-order chi connectivity index (χ0) is 20.7. The smallest absolute Gasteiger partial charge is 0.229 e. The lowest BCUT2D eigenvalue weighted by Gasteiger charge is -2.43. The molecule has 0 atom stereocenters. The lowest BCUT2D eigenvalue weighted by atomic mass is 9.99. The Balaban J connectivity index is 1.17. The highest BCUT2D eigenvalue weighted by atomic mass is 35.5. The summed E-state index contributed by atoms with van der Waals surface area (Å²) in [5, 5.41) is 1.71. The van der Waals surface area contributed by atoms with E-state index in [2.05, 4.69) is 15.9 Å². The maximum atomic E-state index is 12.9. The number of para-hydroxylation sites is 1. The molecule has 2 saturated heterocycles. The highest BCUT2D eigenvalue weighted by Crippen LogP contribution is 2.37. The molecule has 0 N–H and O–H groups in total. The van der Waals surface area contributed by atoms with Crippen molar-refractivity contribution < 1.29 is 9.53 Å². The molecule has 3 heterocycles. The molecule has 6 nitrogen and oxygen atoms in total. The van der Waals surface area contributed by atoms with Gasteiger partial charge in [0.25, 0.3) is 0 Å². The summed E-state index contributed by atoms with van der Waals surface area (Å²) in [5.74, 6) is 1.11. The van der Waals surface area contributed by atoms with Crippen LogP contribution in [0.4, 0.5) is 10.8 Å². The van der Waals surface area contributed by atoms with Gasteiger partial charge in [0, 0.05) is 50.0 Å². The van der Waals surface area contributed by atoms with E-state index >= 15 is 0 Å². The quantitative estimate of drug-likeness (QED) is 0.616. The number of ether oxygens (including phenoxy) is 1. The van der Waals surface area contributed by atoms with Crippen LogP contribution in [-0.4, -0.2) is 62.2 Å². The van der Waals surface area contributed by atoms with Crippen molar-refractivity contribution in [3.05, 3.63) is 47.5 Å². The number of thiazole rings is 1. The number of rotatable bonds is 4. The number of piperazine rings is 1. The summed E-state index contributed by atoms with van der Waals surface area (Å²) in [7, 11) is 1.67. The van der Waals surface area contributed by atoms with Gasteiger partial charge >= 0.3 is 0 Å². The van der Waals surface area contributed by atoms with Gasteiger partial charge in [-0.25, -0.2) is 4.98 Å². The van der Waals surface area contributed by atoms with E-state index in [1.165, 1.54) is 0 Å². The van der Waals surface area contributed by atoms with Crippen LogP contribution in [0.1, 0.15) is 0 Å². The van der Waals surface area contributed by atoms with Gasteiger partial charge in [-0.3, -0.25) is 4.79 Å². The van der Waals surface area contributed by atoms with Crippen molar-refractivity contribution in [2.24, 2.45) is 5.92 Å². The molecule has 0 aliphatic carbocycles. The number of carbonyl (C=O) groups is 1. The predicted octanol–water partition coefficient (Wildman–Crippen LogP) is 3.74. The molecule has 2 aromatic carbocycles. The topological polar surface area (TPSA) is 48.9 Å². The maximum absolute atomic E-state index is 12.9. The predicted molar refractivity (Wildman–Crippen MR) is 122 cm³/mol. The van der Waals surface area contributed by atoms with Crippen LogP contribution in [0.15, 0.2) is 42.5 Å². The first-order chi connectivity index (χ1) is 14.6. The molecule has 8 heteroatoms. The summed E-state index contributed by atoms with van der Waals surface area (Å²) in [6.45, 7) is 4.69. The number of anilines is 2. The molecule has 3 aromatic rings. The van der Waals surface area contributed by atoms with Gasteiger partial charge in [0.1, 0.15) is 11.3 Å². The summed E-state index contributed by atoms with van der Waals surface area (Å²) < 4.78 is 6.52. The molecule has 1 aromatic heterocycles. The number of hydrogen-bond acceptors (Lipinski definition) is 6. The molecule has 5 rings (SSSR count). The molecule has 0 saturated carbocycles. The van der Waals surface area contributed by atoms with Crippen molar-refractivity contribution in [1.82, 2.24) is 9.88 Å². The number of aromatic nitrogens is 1.